The van der Waals surface area contributed by atoms with Gasteiger partial charge in [0.2, 0.25) is 0 Å². The van der Waals surface area contributed by atoms with E-state index >= 15 is 0 Å². The van der Waals surface area contributed by atoms with Gasteiger partial charge in [0.1, 0.15) is 5.75 Å². The van der Waals surface area contributed by atoms with Crippen LogP contribution in [0, 0.1) is 0 Å². The fourth-order valence-electron chi connectivity index (χ4n) is 2.96. The first-order valence-corrected chi connectivity index (χ1v) is 8.59. The van der Waals surface area contributed by atoms with Crippen molar-refractivity contribution in [3.8, 4) is 5.75 Å². The van der Waals surface area contributed by atoms with Gasteiger partial charge in [-0.15, -0.1) is 0 Å². The third-order valence-electron chi connectivity index (χ3n) is 4.54. The third-order valence-corrected chi connectivity index (χ3v) is 4.54. The number of ether oxygens (including phenoxy) is 1. The molecule has 2 aromatic carbocycles. The molecule has 25 heavy (non-hydrogen) atoms. The minimum absolute atomic E-state index is 0.112. The lowest BCUT2D eigenvalue weighted by atomic mass is 10.1. The van der Waals surface area contributed by atoms with E-state index < -0.39 is 0 Å². The van der Waals surface area contributed by atoms with Gasteiger partial charge in [-0.25, -0.2) is 0 Å². The lowest BCUT2D eigenvalue weighted by molar-refractivity contribution is 0.102. The Labute approximate surface area is 149 Å². The van der Waals surface area contributed by atoms with Crippen LogP contribution < -0.4 is 10.1 Å². The van der Waals surface area contributed by atoms with Crippen molar-refractivity contribution >= 4 is 11.6 Å². The topological polar surface area (TPSA) is 44.8 Å². The first-order chi connectivity index (χ1) is 12.1. The minimum atomic E-state index is -0.112. The molecule has 1 saturated heterocycles. The molecule has 0 unspecified atom stereocenters. The van der Waals surface area contributed by atoms with Crippen molar-refractivity contribution in [3.63, 3.8) is 0 Å². The van der Waals surface area contributed by atoms with Gasteiger partial charge in [0.15, 0.2) is 0 Å². The second kappa shape index (κ2) is 8.14. The Balaban J connectivity index is 1.61. The number of hydrogen-bond donors (Lipinski definition) is 1. The van der Waals surface area contributed by atoms with Crippen LogP contribution in [-0.2, 0) is 6.54 Å². The fourth-order valence-corrected chi connectivity index (χ4v) is 2.96. The van der Waals surface area contributed by atoms with E-state index in [1.54, 1.807) is 31.4 Å². The van der Waals surface area contributed by atoms with E-state index in [9.17, 15) is 4.79 Å². The molecule has 0 atom stereocenters. The zero-order valence-corrected chi connectivity index (χ0v) is 14.9. The third kappa shape index (κ3) is 4.81. The van der Waals surface area contributed by atoms with Crippen LogP contribution >= 0.6 is 0 Å². The molecule has 2 aromatic rings. The monoisotopic (exact) mass is 339 g/mol. The summed E-state index contributed by atoms with van der Waals surface area (Å²) in [5.74, 6) is 0.630. The number of carbonyl (C=O) groups excluding carboxylic acids is 1. The number of rotatable bonds is 5. The SMILES string of the molecule is COc1ccc(C(=O)Nc2cccc(CN3CCN(C)CC3)c2)cc1. The minimum Gasteiger partial charge on any atom is -0.497 e. The molecular formula is C20H25N3O2. The molecule has 0 aliphatic carbocycles. The van der Waals surface area contributed by atoms with Gasteiger partial charge in [-0.05, 0) is 49.0 Å². The van der Waals surface area contributed by atoms with Gasteiger partial charge in [-0.2, -0.15) is 0 Å². The van der Waals surface area contributed by atoms with Crippen LogP contribution in [0.3, 0.4) is 0 Å². The van der Waals surface area contributed by atoms with Crippen LogP contribution in [0.25, 0.3) is 0 Å². The Bertz CT molecular complexity index is 707. The summed E-state index contributed by atoms with van der Waals surface area (Å²) in [5, 5.41) is 2.97. The number of carbonyl (C=O) groups is 1. The summed E-state index contributed by atoms with van der Waals surface area (Å²) in [6, 6.07) is 15.2. The van der Waals surface area contributed by atoms with Crippen LogP contribution in [0.15, 0.2) is 48.5 Å². The Morgan fingerprint density at radius 1 is 1.08 bits per heavy atom. The normalized spacial score (nSPS) is 15.8. The van der Waals surface area contributed by atoms with Gasteiger partial charge in [-0.3, -0.25) is 9.69 Å². The van der Waals surface area contributed by atoms with Gasteiger partial charge in [0.25, 0.3) is 5.91 Å². The zero-order valence-electron chi connectivity index (χ0n) is 14.9. The maximum Gasteiger partial charge on any atom is 0.255 e. The average Bonchev–Trinajstić information content (AvgIpc) is 2.64. The lowest BCUT2D eigenvalue weighted by Gasteiger charge is -2.32. The number of anilines is 1. The summed E-state index contributed by atoms with van der Waals surface area (Å²) in [4.78, 5) is 17.2. The molecule has 5 nitrogen and oxygen atoms in total. The smallest absolute Gasteiger partial charge is 0.255 e. The van der Waals surface area contributed by atoms with E-state index in [1.807, 2.05) is 12.1 Å². The molecule has 1 heterocycles. The predicted molar refractivity (Wildman–Crippen MR) is 100 cm³/mol. The molecule has 1 amide bonds. The lowest BCUT2D eigenvalue weighted by Crippen LogP contribution is -2.43. The number of nitrogens with one attached hydrogen (secondary N) is 1. The quantitative estimate of drug-likeness (QED) is 0.910. The van der Waals surface area contributed by atoms with E-state index in [2.05, 4.69) is 34.3 Å². The molecule has 0 bridgehead atoms. The van der Waals surface area contributed by atoms with Crippen molar-refractivity contribution in [1.82, 2.24) is 9.80 Å². The van der Waals surface area contributed by atoms with E-state index in [0.717, 1.165) is 44.2 Å². The van der Waals surface area contributed by atoms with E-state index in [0.29, 0.717) is 5.56 Å². The van der Waals surface area contributed by atoms with E-state index in [4.69, 9.17) is 4.74 Å². The van der Waals surface area contributed by atoms with Crippen molar-refractivity contribution in [2.24, 2.45) is 0 Å². The van der Waals surface area contributed by atoms with Crippen LogP contribution in [0.1, 0.15) is 15.9 Å². The van der Waals surface area contributed by atoms with Gasteiger partial charge in [0, 0.05) is 44.0 Å². The van der Waals surface area contributed by atoms with Crippen LogP contribution in [0.5, 0.6) is 5.75 Å². The fraction of sp³-hybridized carbons (Fsp3) is 0.350. The van der Waals surface area contributed by atoms with Crippen LogP contribution in [0.2, 0.25) is 0 Å². The van der Waals surface area contributed by atoms with Gasteiger partial charge < -0.3 is 15.0 Å². The maximum atomic E-state index is 12.4. The molecule has 0 radical (unpaired) electrons. The summed E-state index contributed by atoms with van der Waals surface area (Å²) in [6.45, 7) is 5.29. The van der Waals surface area contributed by atoms with Crippen LogP contribution in [-0.4, -0.2) is 56.0 Å². The molecule has 3 rings (SSSR count). The highest BCUT2D eigenvalue weighted by molar-refractivity contribution is 6.04. The second-order valence-corrected chi connectivity index (χ2v) is 6.46. The summed E-state index contributed by atoms with van der Waals surface area (Å²) < 4.78 is 5.12. The molecule has 1 fully saturated rings. The van der Waals surface area contributed by atoms with Crippen molar-refractivity contribution < 1.29 is 9.53 Å². The average molecular weight is 339 g/mol. The molecule has 0 spiro atoms. The summed E-state index contributed by atoms with van der Waals surface area (Å²) >= 11 is 0. The molecule has 1 aliphatic rings. The molecule has 1 N–H and O–H groups in total. The van der Waals surface area contributed by atoms with Crippen molar-refractivity contribution in [2.45, 2.75) is 6.54 Å². The largest absolute Gasteiger partial charge is 0.497 e. The number of piperazine rings is 1. The van der Waals surface area contributed by atoms with Gasteiger partial charge >= 0.3 is 0 Å². The molecule has 132 valence electrons. The highest BCUT2D eigenvalue weighted by atomic mass is 16.5. The highest BCUT2D eigenvalue weighted by Crippen LogP contribution is 2.16. The second-order valence-electron chi connectivity index (χ2n) is 6.46. The van der Waals surface area contributed by atoms with Gasteiger partial charge in [-0.1, -0.05) is 12.1 Å². The number of likely N-dealkylation sites (N-methyl/N-ethyl adjacent to an activating group) is 1. The Morgan fingerprint density at radius 3 is 2.48 bits per heavy atom. The van der Waals surface area contributed by atoms with Gasteiger partial charge in [0.05, 0.1) is 7.11 Å². The first kappa shape index (κ1) is 17.5. The molecular weight excluding hydrogens is 314 g/mol. The highest BCUT2D eigenvalue weighted by Gasteiger charge is 2.14. The standard InChI is InChI=1S/C20H25N3O2/c1-22-10-12-23(13-11-22)15-16-4-3-5-18(14-16)21-20(24)17-6-8-19(25-2)9-7-17/h3-9,14H,10-13,15H2,1-2H3,(H,21,24). The number of amides is 1. The number of benzene rings is 2. The van der Waals surface area contributed by atoms with E-state index in [-0.39, 0.29) is 5.91 Å². The Kier molecular flexibility index (Phi) is 5.68. The number of methoxy groups -OCH3 is 1. The molecule has 5 heteroatoms. The summed E-state index contributed by atoms with van der Waals surface area (Å²) in [5.41, 5.74) is 2.66. The zero-order chi connectivity index (χ0) is 17.6. The summed E-state index contributed by atoms with van der Waals surface area (Å²) in [7, 11) is 3.77. The number of nitrogens with zero attached hydrogens (tertiary/aromatic N) is 2. The predicted octanol–water partition coefficient (Wildman–Crippen LogP) is 2.69. The Hall–Kier alpha value is -2.37. The summed E-state index contributed by atoms with van der Waals surface area (Å²) in [6.07, 6.45) is 0. The first-order valence-electron chi connectivity index (χ1n) is 8.59. The van der Waals surface area contributed by atoms with Crippen molar-refractivity contribution in [1.29, 1.82) is 0 Å². The van der Waals surface area contributed by atoms with Crippen molar-refractivity contribution in [2.75, 3.05) is 45.7 Å². The molecule has 0 saturated carbocycles. The number of hydrogen-bond acceptors (Lipinski definition) is 4. The Morgan fingerprint density at radius 2 is 1.80 bits per heavy atom. The maximum absolute atomic E-state index is 12.4. The van der Waals surface area contributed by atoms with E-state index in [1.165, 1.54) is 5.56 Å². The van der Waals surface area contributed by atoms with Crippen molar-refractivity contribution in [3.05, 3.63) is 59.7 Å². The molecule has 0 aromatic heterocycles. The molecule has 1 aliphatic heterocycles. The van der Waals surface area contributed by atoms with Crippen LogP contribution in [0.4, 0.5) is 5.69 Å².